The molecule has 0 radical (unpaired) electrons. The second-order valence-corrected chi connectivity index (χ2v) is 10.6. The molecule has 0 amide bonds. The molecule has 0 aromatic carbocycles. The molecule has 0 aromatic rings. The Bertz CT molecular complexity index is 705. The molecule has 1 spiro atoms. The third kappa shape index (κ3) is 1.98. The summed E-state index contributed by atoms with van der Waals surface area (Å²) in [4.78, 5) is 24.1. The number of hydrogen-bond donors (Lipinski definition) is 2. The predicted molar refractivity (Wildman–Crippen MR) is 97.6 cm³/mol. The lowest BCUT2D eigenvalue weighted by Gasteiger charge is -2.64. The third-order valence-electron chi connectivity index (χ3n) is 10.1. The van der Waals surface area contributed by atoms with E-state index in [0.717, 1.165) is 38.5 Å². The molecular weight excluding hydrogens is 344 g/mol. The number of esters is 1. The van der Waals surface area contributed by atoms with Crippen LogP contribution in [0.2, 0.25) is 0 Å². The van der Waals surface area contributed by atoms with Crippen molar-refractivity contribution in [3.8, 4) is 0 Å². The molecule has 5 fully saturated rings. The van der Waals surface area contributed by atoms with E-state index in [9.17, 15) is 19.8 Å². The lowest BCUT2D eigenvalue weighted by molar-refractivity contribution is -0.242. The highest BCUT2D eigenvalue weighted by Crippen LogP contribution is 2.70. The normalized spacial score (nSPS) is 57.2. The Kier molecular flexibility index (Phi) is 3.59. The predicted octanol–water partition coefficient (Wildman–Crippen LogP) is 2.76. The molecule has 2 N–H and O–H groups in total. The molecule has 1 heterocycles. The van der Waals surface area contributed by atoms with Crippen molar-refractivity contribution in [2.75, 3.05) is 0 Å². The van der Waals surface area contributed by atoms with Crippen LogP contribution in [0.25, 0.3) is 0 Å². The van der Waals surface area contributed by atoms with Gasteiger partial charge in [-0.05, 0) is 69.1 Å². The van der Waals surface area contributed by atoms with Gasteiger partial charge >= 0.3 is 5.97 Å². The van der Waals surface area contributed by atoms with Gasteiger partial charge in [0.15, 0.2) is 5.78 Å². The van der Waals surface area contributed by atoms with Gasteiger partial charge in [-0.15, -0.1) is 0 Å². The van der Waals surface area contributed by atoms with Gasteiger partial charge in [-0.2, -0.15) is 0 Å². The highest BCUT2D eigenvalue weighted by atomic mass is 16.6. The van der Waals surface area contributed by atoms with E-state index in [1.807, 2.05) is 0 Å². The molecule has 0 bridgehead atoms. The molecule has 5 aliphatic rings. The molecule has 4 aliphatic carbocycles. The lowest BCUT2D eigenvalue weighted by Crippen LogP contribution is -2.68. The minimum atomic E-state index is -1.28. The van der Waals surface area contributed by atoms with Crippen molar-refractivity contribution in [2.45, 2.75) is 95.4 Å². The van der Waals surface area contributed by atoms with Crippen LogP contribution >= 0.6 is 0 Å². The van der Waals surface area contributed by atoms with Crippen molar-refractivity contribution >= 4 is 11.8 Å². The Morgan fingerprint density at radius 1 is 0.889 bits per heavy atom. The molecule has 8 atom stereocenters. The van der Waals surface area contributed by atoms with Crippen LogP contribution in [-0.4, -0.2) is 39.3 Å². The first-order chi connectivity index (χ1) is 12.7. The quantitative estimate of drug-likeness (QED) is 0.635. The van der Waals surface area contributed by atoms with E-state index >= 15 is 0 Å². The van der Waals surface area contributed by atoms with Crippen LogP contribution in [0.3, 0.4) is 0 Å². The maximum Gasteiger partial charge on any atom is 0.306 e. The summed E-state index contributed by atoms with van der Waals surface area (Å²) in [5.74, 6) is 1.06. The van der Waals surface area contributed by atoms with Crippen LogP contribution < -0.4 is 0 Å². The molecule has 5 rings (SSSR count). The zero-order chi connectivity index (χ0) is 19.2. The molecule has 5 nitrogen and oxygen atoms in total. The SMILES string of the molecule is CC12CCC3C(CCC4(O)C(O)C(=O)CCC34C)C1CCC21CCC(=O)O1. The number of carbonyl (C=O) groups excluding carboxylic acids is 2. The minimum absolute atomic E-state index is 0.0231. The van der Waals surface area contributed by atoms with Crippen LogP contribution in [0.1, 0.15) is 78.1 Å². The van der Waals surface area contributed by atoms with Crippen molar-refractivity contribution in [3.05, 3.63) is 0 Å². The second kappa shape index (κ2) is 5.35. The van der Waals surface area contributed by atoms with E-state index in [2.05, 4.69) is 13.8 Å². The summed E-state index contributed by atoms with van der Waals surface area (Å²) in [6.07, 6.45) is 6.58. The third-order valence-corrected chi connectivity index (χ3v) is 10.1. The fourth-order valence-electron chi connectivity index (χ4n) is 8.41. The summed E-state index contributed by atoms with van der Waals surface area (Å²) >= 11 is 0. The first kappa shape index (κ1) is 18.1. The average molecular weight is 376 g/mol. The van der Waals surface area contributed by atoms with Crippen molar-refractivity contribution in [3.63, 3.8) is 0 Å². The zero-order valence-corrected chi connectivity index (χ0v) is 16.5. The fourth-order valence-corrected chi connectivity index (χ4v) is 8.41. The number of rotatable bonds is 0. The molecule has 150 valence electrons. The first-order valence-electron chi connectivity index (χ1n) is 10.8. The molecule has 0 aromatic heterocycles. The van der Waals surface area contributed by atoms with Crippen molar-refractivity contribution in [1.29, 1.82) is 0 Å². The van der Waals surface area contributed by atoms with Gasteiger partial charge < -0.3 is 14.9 Å². The van der Waals surface area contributed by atoms with Crippen molar-refractivity contribution in [1.82, 2.24) is 0 Å². The van der Waals surface area contributed by atoms with Gasteiger partial charge in [-0.3, -0.25) is 9.59 Å². The highest BCUT2D eigenvalue weighted by molar-refractivity contribution is 5.85. The van der Waals surface area contributed by atoms with Gasteiger partial charge in [-0.25, -0.2) is 0 Å². The Labute approximate surface area is 160 Å². The van der Waals surface area contributed by atoms with Crippen LogP contribution in [0, 0.1) is 28.6 Å². The van der Waals surface area contributed by atoms with Gasteiger partial charge in [-0.1, -0.05) is 13.8 Å². The van der Waals surface area contributed by atoms with Crippen LogP contribution in [0.5, 0.6) is 0 Å². The van der Waals surface area contributed by atoms with Gasteiger partial charge in [0.05, 0.1) is 0 Å². The van der Waals surface area contributed by atoms with Gasteiger partial charge in [0.25, 0.3) is 0 Å². The summed E-state index contributed by atoms with van der Waals surface area (Å²) in [7, 11) is 0. The van der Waals surface area contributed by atoms with Crippen LogP contribution in [-0.2, 0) is 14.3 Å². The Morgan fingerprint density at radius 3 is 2.30 bits per heavy atom. The number of hydrogen-bond acceptors (Lipinski definition) is 5. The molecule has 27 heavy (non-hydrogen) atoms. The van der Waals surface area contributed by atoms with Crippen molar-refractivity contribution in [2.24, 2.45) is 28.6 Å². The molecular formula is C22H32O5. The number of ether oxygens (including phenoxy) is 1. The number of Topliss-reactive ketones (excluding diaryl/α,β-unsaturated/α-hetero) is 1. The summed E-state index contributed by atoms with van der Waals surface area (Å²) in [6, 6.07) is 0. The maximum atomic E-state index is 12.1. The summed E-state index contributed by atoms with van der Waals surface area (Å²) < 4.78 is 5.97. The second-order valence-electron chi connectivity index (χ2n) is 10.6. The number of fused-ring (bicyclic) bond motifs is 6. The average Bonchev–Trinajstić information content (AvgIpc) is 3.15. The zero-order valence-electron chi connectivity index (χ0n) is 16.5. The lowest BCUT2D eigenvalue weighted by atomic mass is 9.42. The summed E-state index contributed by atoms with van der Waals surface area (Å²) in [6.45, 7) is 4.45. The van der Waals surface area contributed by atoms with Gasteiger partial charge in [0.1, 0.15) is 17.3 Å². The van der Waals surface area contributed by atoms with E-state index in [0.29, 0.717) is 43.4 Å². The van der Waals surface area contributed by atoms with E-state index < -0.39 is 17.1 Å². The molecule has 1 aliphatic heterocycles. The van der Waals surface area contributed by atoms with E-state index in [-0.39, 0.29) is 22.8 Å². The topological polar surface area (TPSA) is 83.8 Å². The number of carbonyl (C=O) groups is 2. The van der Waals surface area contributed by atoms with E-state index in [1.165, 1.54) is 0 Å². The monoisotopic (exact) mass is 376 g/mol. The number of aliphatic hydroxyl groups excluding tert-OH is 1. The number of aliphatic hydroxyl groups is 2. The van der Waals surface area contributed by atoms with Crippen LogP contribution in [0.15, 0.2) is 0 Å². The first-order valence-corrected chi connectivity index (χ1v) is 10.8. The van der Waals surface area contributed by atoms with E-state index in [1.54, 1.807) is 0 Å². The maximum absolute atomic E-state index is 12.1. The minimum Gasteiger partial charge on any atom is -0.458 e. The summed E-state index contributed by atoms with van der Waals surface area (Å²) in [5.41, 5.74) is -1.95. The smallest absolute Gasteiger partial charge is 0.306 e. The van der Waals surface area contributed by atoms with Gasteiger partial charge in [0.2, 0.25) is 0 Å². The van der Waals surface area contributed by atoms with Crippen LogP contribution in [0.4, 0.5) is 0 Å². The molecule has 8 unspecified atom stereocenters. The molecule has 1 saturated heterocycles. The molecule has 4 saturated carbocycles. The highest BCUT2D eigenvalue weighted by Gasteiger charge is 2.70. The number of ketones is 1. The largest absolute Gasteiger partial charge is 0.458 e. The standard InChI is InChI=1S/C22H32O5/c1-19-8-4-15-13(14(19)5-10-21(19)11-7-17(24)27-21)3-12-22(26)18(25)16(23)6-9-20(15,22)2/h13-15,18,25-26H,3-12H2,1-2H3. The fraction of sp³-hybridized carbons (Fsp3) is 0.909. The summed E-state index contributed by atoms with van der Waals surface area (Å²) in [5, 5.41) is 22.0. The van der Waals surface area contributed by atoms with E-state index in [4.69, 9.17) is 4.74 Å². The Morgan fingerprint density at radius 2 is 1.59 bits per heavy atom. The Balaban J connectivity index is 1.49. The Hall–Kier alpha value is -0.940. The van der Waals surface area contributed by atoms with Crippen molar-refractivity contribution < 1.29 is 24.5 Å². The molecule has 5 heteroatoms. The van der Waals surface area contributed by atoms with Gasteiger partial charge in [0, 0.05) is 23.7 Å².